The largest absolute Gasteiger partial charge is 0.373 e. The molecule has 140 valence electrons. The summed E-state index contributed by atoms with van der Waals surface area (Å²) >= 11 is 6.35. The maximum Gasteiger partial charge on any atom is 0.182 e. The van der Waals surface area contributed by atoms with E-state index >= 15 is 0 Å². The molecule has 2 aliphatic carbocycles. The Kier molecular flexibility index (Phi) is 5.33. The van der Waals surface area contributed by atoms with Gasteiger partial charge in [-0.05, 0) is 31.4 Å². The van der Waals surface area contributed by atoms with E-state index in [1.165, 1.54) is 12.1 Å². The predicted molar refractivity (Wildman–Crippen MR) is 94.1 cm³/mol. The van der Waals surface area contributed by atoms with E-state index < -0.39 is 33.1 Å². The number of ether oxygens (including phenoxy) is 1. The summed E-state index contributed by atoms with van der Waals surface area (Å²) in [5.41, 5.74) is 0.185. The summed E-state index contributed by atoms with van der Waals surface area (Å²) in [6.45, 7) is -0.0421. The highest BCUT2D eigenvalue weighted by atomic mass is 35.5. The van der Waals surface area contributed by atoms with Crippen LogP contribution in [0.3, 0.4) is 0 Å². The van der Waals surface area contributed by atoms with Gasteiger partial charge in [-0.15, -0.1) is 0 Å². The van der Waals surface area contributed by atoms with Crippen LogP contribution in [0, 0.1) is 5.92 Å². The zero-order chi connectivity index (χ0) is 19.1. The van der Waals surface area contributed by atoms with Crippen molar-refractivity contribution in [2.45, 2.75) is 49.7 Å². The summed E-state index contributed by atoms with van der Waals surface area (Å²) in [5.74, 6) is -2.84. The molecule has 1 aromatic rings. The molecule has 0 unspecified atom stereocenters. The second kappa shape index (κ2) is 7.21. The molecule has 0 N–H and O–H groups in total. The molecule has 0 aliphatic heterocycles. The van der Waals surface area contributed by atoms with Crippen LogP contribution in [0.15, 0.2) is 17.0 Å². The van der Waals surface area contributed by atoms with Crippen molar-refractivity contribution in [3.05, 3.63) is 28.3 Å². The molecule has 0 aromatic heterocycles. The maximum atomic E-state index is 12.8. The Morgan fingerprint density at radius 2 is 1.81 bits per heavy atom. The molecule has 0 amide bonds. The smallest absolute Gasteiger partial charge is 0.182 e. The van der Waals surface area contributed by atoms with Gasteiger partial charge in [-0.1, -0.05) is 11.6 Å². The van der Waals surface area contributed by atoms with Gasteiger partial charge in [0.05, 0.1) is 22.6 Å². The van der Waals surface area contributed by atoms with Gasteiger partial charge in [-0.3, -0.25) is 14.4 Å². The van der Waals surface area contributed by atoms with Crippen LogP contribution >= 0.6 is 11.6 Å². The van der Waals surface area contributed by atoms with Crippen LogP contribution in [0.4, 0.5) is 0 Å². The molecule has 0 saturated heterocycles. The highest BCUT2D eigenvalue weighted by molar-refractivity contribution is 7.90. The van der Waals surface area contributed by atoms with Crippen molar-refractivity contribution in [2.24, 2.45) is 5.92 Å². The number of halogens is 1. The minimum Gasteiger partial charge on any atom is -0.373 e. The van der Waals surface area contributed by atoms with E-state index in [0.717, 1.165) is 19.1 Å². The van der Waals surface area contributed by atoms with E-state index in [1.807, 2.05) is 0 Å². The summed E-state index contributed by atoms with van der Waals surface area (Å²) in [7, 11) is -3.58. The van der Waals surface area contributed by atoms with E-state index in [2.05, 4.69) is 0 Å². The van der Waals surface area contributed by atoms with Crippen molar-refractivity contribution >= 4 is 38.8 Å². The van der Waals surface area contributed by atoms with Crippen molar-refractivity contribution in [1.82, 2.24) is 0 Å². The monoisotopic (exact) mass is 398 g/mol. The van der Waals surface area contributed by atoms with Gasteiger partial charge in [0.2, 0.25) is 0 Å². The van der Waals surface area contributed by atoms with Crippen LogP contribution in [-0.4, -0.2) is 38.1 Å². The number of carbonyl (C=O) groups excluding carboxylic acids is 3. The van der Waals surface area contributed by atoms with Gasteiger partial charge in [-0.2, -0.15) is 0 Å². The first-order valence-electron chi connectivity index (χ1n) is 8.43. The van der Waals surface area contributed by atoms with Crippen molar-refractivity contribution in [2.75, 3.05) is 6.26 Å². The third kappa shape index (κ3) is 3.89. The van der Waals surface area contributed by atoms with Crippen molar-refractivity contribution < 1.29 is 27.5 Å². The highest BCUT2D eigenvalue weighted by Crippen LogP contribution is 2.34. The molecular weight excluding hydrogens is 380 g/mol. The Hall–Kier alpha value is -1.57. The van der Waals surface area contributed by atoms with Crippen molar-refractivity contribution in [3.8, 4) is 0 Å². The lowest BCUT2D eigenvalue weighted by Crippen LogP contribution is -2.35. The molecule has 0 atom stereocenters. The van der Waals surface area contributed by atoms with Crippen LogP contribution < -0.4 is 0 Å². The molecule has 0 spiro atoms. The van der Waals surface area contributed by atoms with E-state index in [-0.39, 0.29) is 46.6 Å². The van der Waals surface area contributed by atoms with Gasteiger partial charge >= 0.3 is 0 Å². The summed E-state index contributed by atoms with van der Waals surface area (Å²) < 4.78 is 29.7. The fourth-order valence-electron chi connectivity index (χ4n) is 3.06. The molecule has 1 aromatic carbocycles. The standard InChI is InChI=1S/C18H19ClO6S/c1-26(23,24)15-8-7-11(17(19)12(15)9-25-10-5-6-10)18(22)16-13(20)3-2-4-14(16)21/h7-8,10,16H,2-6,9H2,1H3. The fourth-order valence-corrected chi connectivity index (χ4v) is 4.36. The summed E-state index contributed by atoms with van der Waals surface area (Å²) in [5, 5.41) is -0.0650. The molecule has 6 nitrogen and oxygen atoms in total. The van der Waals surface area contributed by atoms with E-state index in [9.17, 15) is 22.8 Å². The average molecular weight is 399 g/mol. The second-order valence-electron chi connectivity index (χ2n) is 6.77. The van der Waals surface area contributed by atoms with E-state index in [0.29, 0.717) is 6.42 Å². The first kappa shape index (κ1) is 19.2. The number of hydrogen-bond donors (Lipinski definition) is 0. The summed E-state index contributed by atoms with van der Waals surface area (Å²) in [4.78, 5) is 36.9. The summed E-state index contributed by atoms with van der Waals surface area (Å²) in [6.07, 6.45) is 3.72. The SMILES string of the molecule is CS(=O)(=O)c1ccc(C(=O)C2C(=O)CCCC2=O)c(Cl)c1COC1CC1. The zero-order valence-electron chi connectivity index (χ0n) is 14.3. The number of Topliss-reactive ketones (excluding diaryl/α,β-unsaturated/α-hetero) is 3. The Labute approximate surface area is 156 Å². The third-order valence-electron chi connectivity index (χ3n) is 4.61. The Balaban J connectivity index is 2.01. The lowest BCUT2D eigenvalue weighted by molar-refractivity contribution is -0.133. The van der Waals surface area contributed by atoms with Crippen LogP contribution in [0.5, 0.6) is 0 Å². The van der Waals surface area contributed by atoms with Crippen LogP contribution in [0.25, 0.3) is 0 Å². The Morgan fingerprint density at radius 3 is 2.35 bits per heavy atom. The first-order chi connectivity index (χ1) is 12.2. The molecule has 3 rings (SSSR count). The highest BCUT2D eigenvalue weighted by Gasteiger charge is 2.38. The maximum absolute atomic E-state index is 12.8. The second-order valence-corrected chi connectivity index (χ2v) is 9.13. The quantitative estimate of drug-likeness (QED) is 0.539. The lowest BCUT2D eigenvalue weighted by Gasteiger charge is -2.20. The minimum absolute atomic E-state index is 0.0120. The molecule has 8 heteroatoms. The van der Waals surface area contributed by atoms with Crippen LogP contribution in [-0.2, 0) is 30.8 Å². The molecule has 2 aliphatic rings. The number of benzene rings is 1. The molecule has 2 saturated carbocycles. The molecular formula is C18H19ClO6S. The lowest BCUT2D eigenvalue weighted by atomic mass is 9.81. The topological polar surface area (TPSA) is 94.6 Å². The van der Waals surface area contributed by atoms with Gasteiger partial charge in [0.15, 0.2) is 27.2 Å². The van der Waals surface area contributed by atoms with Gasteiger partial charge in [0, 0.05) is 30.2 Å². The predicted octanol–water partition coefficient (Wildman–Crippen LogP) is 2.54. The molecule has 2 fully saturated rings. The number of ketones is 3. The fraction of sp³-hybridized carbons (Fsp3) is 0.500. The van der Waals surface area contributed by atoms with Gasteiger partial charge < -0.3 is 4.74 Å². The van der Waals surface area contributed by atoms with E-state index in [4.69, 9.17) is 16.3 Å². The number of carbonyl (C=O) groups is 3. The normalized spacial score (nSPS) is 19.0. The number of rotatable bonds is 6. The molecule has 0 heterocycles. The van der Waals surface area contributed by atoms with Gasteiger partial charge in [0.1, 0.15) is 5.92 Å². The molecule has 26 heavy (non-hydrogen) atoms. The van der Waals surface area contributed by atoms with Gasteiger partial charge in [0.25, 0.3) is 0 Å². The third-order valence-corrected chi connectivity index (χ3v) is 6.22. The van der Waals surface area contributed by atoms with Crippen molar-refractivity contribution in [3.63, 3.8) is 0 Å². The Morgan fingerprint density at radius 1 is 1.19 bits per heavy atom. The molecule has 0 bridgehead atoms. The van der Waals surface area contributed by atoms with Gasteiger partial charge in [-0.25, -0.2) is 8.42 Å². The molecule has 0 radical (unpaired) electrons. The first-order valence-corrected chi connectivity index (χ1v) is 10.7. The Bertz CT molecular complexity index is 869. The average Bonchev–Trinajstić information content (AvgIpc) is 3.36. The van der Waals surface area contributed by atoms with Crippen LogP contribution in [0.2, 0.25) is 5.02 Å². The van der Waals surface area contributed by atoms with Crippen LogP contribution in [0.1, 0.15) is 48.0 Å². The zero-order valence-corrected chi connectivity index (χ0v) is 15.9. The number of hydrogen-bond acceptors (Lipinski definition) is 6. The minimum atomic E-state index is -3.58. The van der Waals surface area contributed by atoms with E-state index in [1.54, 1.807) is 0 Å². The number of sulfone groups is 1. The summed E-state index contributed by atoms with van der Waals surface area (Å²) in [6, 6.07) is 2.56. The van der Waals surface area contributed by atoms with Crippen molar-refractivity contribution in [1.29, 1.82) is 0 Å².